The van der Waals surface area contributed by atoms with Crippen LogP contribution in [0.5, 0.6) is 0 Å². The molecule has 0 heterocycles. The number of carbonyl (C=O) groups excluding carboxylic acids is 1. The second-order valence-corrected chi connectivity index (χ2v) is 15.7. The molecule has 10 nitrogen and oxygen atoms in total. The highest BCUT2D eigenvalue weighted by atomic mass is 16.5. The van der Waals surface area contributed by atoms with Crippen LogP contribution >= 0.6 is 0 Å². The van der Waals surface area contributed by atoms with Crippen LogP contribution in [0.15, 0.2) is 60.7 Å². The van der Waals surface area contributed by atoms with E-state index in [4.69, 9.17) is 25.2 Å². The topological polar surface area (TPSA) is 176 Å². The van der Waals surface area contributed by atoms with Gasteiger partial charge in [0.25, 0.3) is 0 Å². The molecule has 10 heteroatoms. The van der Waals surface area contributed by atoms with Crippen molar-refractivity contribution in [1.82, 2.24) is 0 Å². The minimum atomic E-state index is -0.776. The summed E-state index contributed by atoms with van der Waals surface area (Å²) in [6, 6.07) is 19.5. The number of ether oxygens (including phenoxy) is 1. The third kappa shape index (κ3) is 29.8. The van der Waals surface area contributed by atoms with E-state index in [0.717, 1.165) is 30.4 Å². The average molecular weight is 803 g/mol. The molecular weight excluding hydrogens is 725 g/mol. The molecule has 0 amide bonds. The molecule has 0 aromatic heterocycles. The molecule has 0 aliphatic rings. The van der Waals surface area contributed by atoms with Gasteiger partial charge in [0.15, 0.2) is 0 Å². The Morgan fingerprint density at radius 2 is 0.877 bits per heavy atom. The Morgan fingerprint density at radius 1 is 0.526 bits per heavy atom. The standard InChI is InChI=1S/2C11H14O2.C9H18O3.C9H18O.C7H14O2/c2*1-2-10(11(12)13)8-9-6-4-3-5-7-9;1-5-7(8(10)11)6-12-9(2,3)4;1-5-7(3)9(6-2)8(4)10;1-4-6(5(2)3)7(8)9/h2*3-7,10H,2,8H2,1H3,(H,12,13);7H,5-6H2,1-4H3,(H,10,11);7,9H,5-6H2,1-4H3;5-6H,4H2,1-3H3,(H,8,9)/t2*10-;7-;7?,9-;6-/m10000/s1. The Labute approximate surface area is 344 Å². The molecule has 0 aliphatic carbocycles. The molecule has 0 fully saturated rings. The van der Waals surface area contributed by atoms with E-state index in [1.807, 2.05) is 123 Å². The first-order valence-electron chi connectivity index (χ1n) is 20.7. The lowest BCUT2D eigenvalue weighted by Crippen LogP contribution is -2.27. The number of hydrogen-bond donors (Lipinski definition) is 4. The largest absolute Gasteiger partial charge is 0.481 e. The number of carbonyl (C=O) groups is 5. The number of rotatable bonds is 19. The summed E-state index contributed by atoms with van der Waals surface area (Å²) in [5.41, 5.74) is 1.94. The molecule has 0 radical (unpaired) electrons. The molecule has 0 saturated carbocycles. The number of ketones is 1. The molecule has 0 bridgehead atoms. The smallest absolute Gasteiger partial charge is 0.308 e. The Hall–Kier alpha value is -4.05. The molecule has 326 valence electrons. The number of aliphatic carboxylic acids is 4. The van der Waals surface area contributed by atoms with E-state index in [1.165, 1.54) is 0 Å². The van der Waals surface area contributed by atoms with Gasteiger partial charge >= 0.3 is 23.9 Å². The molecule has 1 unspecified atom stereocenters. The summed E-state index contributed by atoms with van der Waals surface area (Å²) in [4.78, 5) is 53.4. The number of carboxylic acid groups (broad SMARTS) is 4. The number of benzene rings is 2. The fourth-order valence-electron chi connectivity index (χ4n) is 5.63. The molecule has 57 heavy (non-hydrogen) atoms. The van der Waals surface area contributed by atoms with Crippen LogP contribution in [-0.4, -0.2) is 62.3 Å². The van der Waals surface area contributed by atoms with Crippen molar-refractivity contribution < 1.29 is 49.1 Å². The fourth-order valence-corrected chi connectivity index (χ4v) is 5.63. The SMILES string of the molecule is CCC(C)[C@H](CC)C(C)=O.CC[C@@H](COC(C)(C)C)C(=O)O.CC[C@@H](Cc1ccccc1)C(=O)O.CC[C@H](C(=O)O)C(C)C.CC[C@H](Cc1ccccc1)C(=O)O. The molecule has 0 aliphatic heterocycles. The van der Waals surface area contributed by atoms with E-state index in [-0.39, 0.29) is 35.2 Å². The molecule has 0 spiro atoms. The van der Waals surface area contributed by atoms with Crippen LogP contribution in [0, 0.1) is 41.4 Å². The van der Waals surface area contributed by atoms with Crippen molar-refractivity contribution in [2.45, 2.75) is 147 Å². The molecule has 2 aromatic rings. The van der Waals surface area contributed by atoms with Gasteiger partial charge in [0.05, 0.1) is 35.9 Å². The van der Waals surface area contributed by atoms with Gasteiger partial charge in [0, 0.05) is 5.92 Å². The fraction of sp³-hybridized carbons (Fsp3) is 0.638. The zero-order valence-electron chi connectivity index (χ0n) is 37.4. The van der Waals surface area contributed by atoms with E-state index >= 15 is 0 Å². The highest BCUT2D eigenvalue weighted by Gasteiger charge is 2.20. The average Bonchev–Trinajstić information content (AvgIpc) is 3.14. The summed E-state index contributed by atoms with van der Waals surface area (Å²) in [6.07, 6.45) is 6.08. The van der Waals surface area contributed by atoms with Gasteiger partial charge in [-0.15, -0.1) is 0 Å². The summed E-state index contributed by atoms with van der Waals surface area (Å²) in [7, 11) is 0. The lowest BCUT2D eigenvalue weighted by atomic mass is 9.87. The van der Waals surface area contributed by atoms with E-state index in [0.29, 0.717) is 56.3 Å². The predicted molar refractivity (Wildman–Crippen MR) is 230 cm³/mol. The Bertz CT molecular complexity index is 1290. The zero-order chi connectivity index (χ0) is 44.7. The Morgan fingerprint density at radius 3 is 1.05 bits per heavy atom. The maximum absolute atomic E-state index is 11.0. The van der Waals surface area contributed by atoms with E-state index in [1.54, 1.807) is 6.92 Å². The predicted octanol–water partition coefficient (Wildman–Crippen LogP) is 11.0. The summed E-state index contributed by atoms with van der Waals surface area (Å²) >= 11 is 0. The zero-order valence-corrected chi connectivity index (χ0v) is 37.4. The second-order valence-electron chi connectivity index (χ2n) is 15.7. The van der Waals surface area contributed by atoms with Gasteiger partial charge in [0.2, 0.25) is 0 Å². The highest BCUT2D eigenvalue weighted by molar-refractivity contribution is 5.78. The lowest BCUT2D eigenvalue weighted by Gasteiger charge is -2.21. The molecular formula is C47H78O10. The van der Waals surface area contributed by atoms with Gasteiger partial charge in [0.1, 0.15) is 5.78 Å². The number of Topliss-reactive ketones (excluding diaryl/α,β-unsaturated/α-hetero) is 1. The first-order valence-corrected chi connectivity index (χ1v) is 20.7. The summed E-state index contributed by atoms with van der Waals surface area (Å²) < 4.78 is 5.36. The summed E-state index contributed by atoms with van der Waals surface area (Å²) in [5.74, 6) is -2.43. The number of carboxylic acids is 4. The quantitative estimate of drug-likeness (QED) is 0.107. The third-order valence-corrected chi connectivity index (χ3v) is 9.75. The Kier molecular flexibility index (Phi) is 33.1. The maximum atomic E-state index is 11.0. The molecule has 2 aromatic carbocycles. The van der Waals surface area contributed by atoms with Crippen LogP contribution in [0.3, 0.4) is 0 Å². The first kappa shape index (κ1) is 57.3. The van der Waals surface area contributed by atoms with Crippen LogP contribution in [0.1, 0.15) is 140 Å². The summed E-state index contributed by atoms with van der Waals surface area (Å²) in [6.45, 7) is 25.5. The first-order chi connectivity index (χ1) is 26.6. The third-order valence-electron chi connectivity index (χ3n) is 9.75. The number of hydrogen-bond acceptors (Lipinski definition) is 6. The normalized spacial score (nSPS) is 13.7. The lowest BCUT2D eigenvalue weighted by molar-refractivity contribution is -0.146. The van der Waals surface area contributed by atoms with Gasteiger partial charge in [-0.1, -0.05) is 129 Å². The van der Waals surface area contributed by atoms with Crippen LogP contribution in [0.4, 0.5) is 0 Å². The van der Waals surface area contributed by atoms with Crippen LogP contribution in [-0.2, 0) is 41.6 Å². The van der Waals surface area contributed by atoms with Crippen LogP contribution in [0.2, 0.25) is 0 Å². The molecule has 2 rings (SSSR count). The van der Waals surface area contributed by atoms with Crippen molar-refractivity contribution in [2.24, 2.45) is 41.4 Å². The molecule has 0 saturated heterocycles. The van der Waals surface area contributed by atoms with E-state index in [9.17, 15) is 24.0 Å². The van der Waals surface area contributed by atoms with Gasteiger partial charge < -0.3 is 25.2 Å². The van der Waals surface area contributed by atoms with E-state index < -0.39 is 23.9 Å². The second kappa shape index (κ2) is 33.0. The Balaban J connectivity index is -0.000000644. The van der Waals surface area contributed by atoms with Crippen molar-refractivity contribution in [1.29, 1.82) is 0 Å². The van der Waals surface area contributed by atoms with Crippen molar-refractivity contribution in [3.8, 4) is 0 Å². The van der Waals surface area contributed by atoms with Crippen LogP contribution in [0.25, 0.3) is 0 Å². The maximum Gasteiger partial charge on any atom is 0.308 e. The van der Waals surface area contributed by atoms with Crippen molar-refractivity contribution in [3.05, 3.63) is 71.8 Å². The van der Waals surface area contributed by atoms with Gasteiger partial charge in [-0.05, 0) is 95.6 Å². The van der Waals surface area contributed by atoms with Crippen molar-refractivity contribution in [3.63, 3.8) is 0 Å². The van der Waals surface area contributed by atoms with Gasteiger partial charge in [-0.2, -0.15) is 0 Å². The molecule has 4 N–H and O–H groups in total. The van der Waals surface area contributed by atoms with Crippen molar-refractivity contribution in [2.75, 3.05) is 6.61 Å². The highest BCUT2D eigenvalue weighted by Crippen LogP contribution is 2.19. The molecule has 6 atom stereocenters. The van der Waals surface area contributed by atoms with Gasteiger partial charge in [-0.3, -0.25) is 24.0 Å². The summed E-state index contributed by atoms with van der Waals surface area (Å²) in [5, 5.41) is 34.9. The van der Waals surface area contributed by atoms with Gasteiger partial charge in [-0.25, -0.2) is 0 Å². The minimum absolute atomic E-state index is 0.162. The minimum Gasteiger partial charge on any atom is -0.481 e. The monoisotopic (exact) mass is 803 g/mol. The van der Waals surface area contributed by atoms with Crippen molar-refractivity contribution >= 4 is 29.7 Å². The van der Waals surface area contributed by atoms with Crippen LogP contribution < -0.4 is 0 Å². The van der Waals surface area contributed by atoms with E-state index in [2.05, 4.69) is 20.8 Å².